The Bertz CT molecular complexity index is 1070. The molecule has 0 fully saturated rings. The molecule has 0 unspecified atom stereocenters. The van der Waals surface area contributed by atoms with E-state index in [-0.39, 0.29) is 0 Å². The van der Waals surface area contributed by atoms with Gasteiger partial charge in [0.1, 0.15) is 30.5 Å². The van der Waals surface area contributed by atoms with E-state index in [1.165, 1.54) is 5.56 Å². The minimum atomic E-state index is 0.418. The molecule has 0 saturated heterocycles. The van der Waals surface area contributed by atoms with Gasteiger partial charge in [0.15, 0.2) is 0 Å². The average molecular weight is 386 g/mol. The second kappa shape index (κ2) is 8.82. The molecule has 4 rings (SSSR count). The van der Waals surface area contributed by atoms with Crippen LogP contribution in [0.1, 0.15) is 31.2 Å². The maximum Gasteiger partial charge on any atom is 0.148 e. The lowest BCUT2D eigenvalue weighted by molar-refractivity contribution is 0.271. The average Bonchev–Trinajstić information content (AvgIpc) is 3.11. The molecule has 29 heavy (non-hydrogen) atoms. The smallest absolute Gasteiger partial charge is 0.148 e. The minimum absolute atomic E-state index is 0.418. The standard InChI is InChI=1S/C25H26N2O2/c1-19(2)21-12-6-9-15-24(21)28-17-16-27-23-14-8-7-13-22(23)26-25(27)18-29-20-10-4-3-5-11-20/h3-15,19H,16-18H2,1-2H3. The molecule has 0 saturated carbocycles. The van der Waals surface area contributed by atoms with E-state index in [0.29, 0.717) is 25.7 Å². The summed E-state index contributed by atoms with van der Waals surface area (Å²) in [5, 5.41) is 0. The lowest BCUT2D eigenvalue weighted by Gasteiger charge is -2.15. The first-order valence-electron chi connectivity index (χ1n) is 10.1. The van der Waals surface area contributed by atoms with Crippen molar-refractivity contribution in [1.29, 1.82) is 0 Å². The number of para-hydroxylation sites is 4. The number of benzene rings is 3. The van der Waals surface area contributed by atoms with Crippen molar-refractivity contribution in [3.05, 3.63) is 90.3 Å². The van der Waals surface area contributed by atoms with Crippen LogP contribution in [0.25, 0.3) is 11.0 Å². The van der Waals surface area contributed by atoms with Crippen LogP contribution in [0.2, 0.25) is 0 Å². The Morgan fingerprint density at radius 2 is 1.55 bits per heavy atom. The molecule has 4 nitrogen and oxygen atoms in total. The molecule has 0 bridgehead atoms. The fourth-order valence-corrected chi connectivity index (χ4v) is 3.49. The van der Waals surface area contributed by atoms with Gasteiger partial charge in [-0.05, 0) is 41.8 Å². The molecule has 0 aliphatic rings. The van der Waals surface area contributed by atoms with Crippen LogP contribution < -0.4 is 9.47 Å². The summed E-state index contributed by atoms with van der Waals surface area (Å²) in [5.41, 5.74) is 3.30. The number of fused-ring (bicyclic) bond motifs is 1. The van der Waals surface area contributed by atoms with Gasteiger partial charge in [0.25, 0.3) is 0 Å². The molecule has 0 N–H and O–H groups in total. The molecule has 0 radical (unpaired) electrons. The number of aromatic nitrogens is 2. The van der Waals surface area contributed by atoms with Crippen LogP contribution in [-0.4, -0.2) is 16.2 Å². The van der Waals surface area contributed by atoms with Crippen LogP contribution >= 0.6 is 0 Å². The maximum absolute atomic E-state index is 6.15. The van der Waals surface area contributed by atoms with Gasteiger partial charge in [-0.25, -0.2) is 4.98 Å². The minimum Gasteiger partial charge on any atom is -0.491 e. The highest BCUT2D eigenvalue weighted by molar-refractivity contribution is 5.75. The first kappa shape index (κ1) is 19.1. The van der Waals surface area contributed by atoms with Gasteiger partial charge in [0, 0.05) is 0 Å². The van der Waals surface area contributed by atoms with Crippen molar-refractivity contribution < 1.29 is 9.47 Å². The fourth-order valence-electron chi connectivity index (χ4n) is 3.49. The summed E-state index contributed by atoms with van der Waals surface area (Å²) in [4.78, 5) is 4.78. The van der Waals surface area contributed by atoms with Crippen LogP contribution in [-0.2, 0) is 13.2 Å². The summed E-state index contributed by atoms with van der Waals surface area (Å²) in [6.07, 6.45) is 0. The molecule has 1 heterocycles. The van der Waals surface area contributed by atoms with E-state index in [4.69, 9.17) is 14.5 Å². The highest BCUT2D eigenvalue weighted by Gasteiger charge is 2.12. The van der Waals surface area contributed by atoms with Gasteiger partial charge in [-0.15, -0.1) is 0 Å². The van der Waals surface area contributed by atoms with Crippen molar-refractivity contribution in [1.82, 2.24) is 9.55 Å². The monoisotopic (exact) mass is 386 g/mol. The third-order valence-electron chi connectivity index (χ3n) is 4.96. The first-order valence-corrected chi connectivity index (χ1v) is 10.1. The van der Waals surface area contributed by atoms with Crippen molar-refractivity contribution in [2.24, 2.45) is 0 Å². The third-order valence-corrected chi connectivity index (χ3v) is 4.96. The summed E-state index contributed by atoms with van der Waals surface area (Å²) < 4.78 is 14.3. The molecule has 1 aromatic heterocycles. The van der Waals surface area contributed by atoms with E-state index in [2.05, 4.69) is 36.6 Å². The van der Waals surface area contributed by atoms with Gasteiger partial charge in [0.2, 0.25) is 0 Å². The summed E-state index contributed by atoms with van der Waals surface area (Å²) in [7, 11) is 0. The molecular formula is C25H26N2O2. The number of rotatable bonds is 8. The van der Waals surface area contributed by atoms with Crippen molar-refractivity contribution >= 4 is 11.0 Å². The maximum atomic E-state index is 6.15. The van der Waals surface area contributed by atoms with Gasteiger partial charge < -0.3 is 14.0 Å². The van der Waals surface area contributed by atoms with Crippen LogP contribution in [0.3, 0.4) is 0 Å². The quantitative estimate of drug-likeness (QED) is 0.383. The van der Waals surface area contributed by atoms with E-state index >= 15 is 0 Å². The van der Waals surface area contributed by atoms with Crippen molar-refractivity contribution in [3.63, 3.8) is 0 Å². The predicted octanol–water partition coefficient (Wildman–Crippen LogP) is 5.82. The molecule has 0 aliphatic carbocycles. The highest BCUT2D eigenvalue weighted by Crippen LogP contribution is 2.26. The first-order chi connectivity index (χ1) is 14.2. The summed E-state index contributed by atoms with van der Waals surface area (Å²) >= 11 is 0. The Hall–Kier alpha value is -3.27. The van der Waals surface area contributed by atoms with Gasteiger partial charge >= 0.3 is 0 Å². The van der Waals surface area contributed by atoms with E-state index in [1.54, 1.807) is 0 Å². The number of hydrogen-bond donors (Lipinski definition) is 0. The molecule has 4 aromatic rings. The van der Waals surface area contributed by atoms with Gasteiger partial charge in [-0.2, -0.15) is 0 Å². The SMILES string of the molecule is CC(C)c1ccccc1OCCn1c(COc2ccccc2)nc2ccccc21. The second-order valence-corrected chi connectivity index (χ2v) is 7.31. The third kappa shape index (κ3) is 4.43. The second-order valence-electron chi connectivity index (χ2n) is 7.31. The molecule has 4 heteroatoms. The highest BCUT2D eigenvalue weighted by atomic mass is 16.5. The van der Waals surface area contributed by atoms with Crippen LogP contribution in [0.15, 0.2) is 78.9 Å². The lowest BCUT2D eigenvalue weighted by atomic mass is 10.0. The summed E-state index contributed by atoms with van der Waals surface area (Å²) in [6, 6.07) is 26.3. The molecule has 148 valence electrons. The predicted molar refractivity (Wildman–Crippen MR) is 117 cm³/mol. The zero-order valence-electron chi connectivity index (χ0n) is 16.9. The van der Waals surface area contributed by atoms with Gasteiger partial charge in [-0.3, -0.25) is 0 Å². The molecule has 0 spiro atoms. The zero-order valence-corrected chi connectivity index (χ0v) is 16.9. The molecule has 3 aromatic carbocycles. The van der Waals surface area contributed by atoms with E-state index in [0.717, 1.165) is 28.4 Å². The van der Waals surface area contributed by atoms with Crippen LogP contribution in [0.5, 0.6) is 11.5 Å². The van der Waals surface area contributed by atoms with E-state index in [9.17, 15) is 0 Å². The Kier molecular flexibility index (Phi) is 5.80. The molecule has 0 aliphatic heterocycles. The van der Waals surface area contributed by atoms with E-state index in [1.807, 2.05) is 60.7 Å². The van der Waals surface area contributed by atoms with Crippen LogP contribution in [0, 0.1) is 0 Å². The van der Waals surface area contributed by atoms with Gasteiger partial charge in [0.05, 0.1) is 17.6 Å². The summed E-state index contributed by atoms with van der Waals surface area (Å²) in [5.74, 6) is 3.12. The molecule has 0 amide bonds. The Labute approximate surface area is 171 Å². The van der Waals surface area contributed by atoms with Crippen molar-refractivity contribution in [2.45, 2.75) is 32.9 Å². The van der Waals surface area contributed by atoms with Gasteiger partial charge in [-0.1, -0.05) is 62.4 Å². The Morgan fingerprint density at radius 3 is 2.38 bits per heavy atom. The number of nitrogens with zero attached hydrogens (tertiary/aromatic N) is 2. The Balaban J connectivity index is 1.51. The number of ether oxygens (including phenoxy) is 2. The van der Waals surface area contributed by atoms with Crippen molar-refractivity contribution in [2.75, 3.05) is 6.61 Å². The largest absolute Gasteiger partial charge is 0.491 e. The number of imidazole rings is 1. The fraction of sp³-hybridized carbons (Fsp3) is 0.240. The lowest BCUT2D eigenvalue weighted by Crippen LogP contribution is -2.13. The number of hydrogen-bond acceptors (Lipinski definition) is 3. The summed E-state index contributed by atoms with van der Waals surface area (Å²) in [6.45, 7) is 6.07. The topological polar surface area (TPSA) is 36.3 Å². The van der Waals surface area contributed by atoms with E-state index < -0.39 is 0 Å². The molecular weight excluding hydrogens is 360 g/mol. The van der Waals surface area contributed by atoms with Crippen molar-refractivity contribution in [3.8, 4) is 11.5 Å². The molecule has 0 atom stereocenters. The Morgan fingerprint density at radius 1 is 0.828 bits per heavy atom. The normalized spacial score (nSPS) is 11.1. The van der Waals surface area contributed by atoms with Crippen LogP contribution in [0.4, 0.5) is 0 Å². The zero-order chi connectivity index (χ0) is 20.1.